The number of methoxy groups -OCH3 is 1. The Morgan fingerprint density at radius 1 is 1.10 bits per heavy atom. The van der Waals surface area contributed by atoms with Crippen molar-refractivity contribution in [3.05, 3.63) is 69.7 Å². The summed E-state index contributed by atoms with van der Waals surface area (Å²) in [5.41, 5.74) is 2.49. The van der Waals surface area contributed by atoms with Crippen molar-refractivity contribution in [2.45, 2.75) is 25.7 Å². The van der Waals surface area contributed by atoms with Gasteiger partial charge in [0.1, 0.15) is 10.8 Å². The van der Waals surface area contributed by atoms with Gasteiger partial charge in [0, 0.05) is 30.3 Å². The number of hydrogen-bond donors (Lipinski definition) is 1. The van der Waals surface area contributed by atoms with E-state index in [0.717, 1.165) is 34.8 Å². The molecule has 0 bridgehead atoms. The number of ether oxygens (including phenoxy) is 1. The lowest BCUT2D eigenvalue weighted by atomic mass is 9.98. The maximum Gasteiger partial charge on any atom is 0.286 e. The number of amides is 2. The molecule has 0 spiro atoms. The SMILES string of the molecule is COc1ccc(C(=O)N2CCCC(c3nnc(C(=O)Nc4ccc(C)cc4)s3)C2)cc1. The van der Waals surface area contributed by atoms with Gasteiger partial charge < -0.3 is 15.0 Å². The number of carbonyl (C=O) groups is 2. The molecule has 2 heterocycles. The van der Waals surface area contributed by atoms with Gasteiger partial charge in [-0.25, -0.2) is 0 Å². The van der Waals surface area contributed by atoms with E-state index in [1.807, 2.05) is 36.1 Å². The topological polar surface area (TPSA) is 84.4 Å². The second kappa shape index (κ2) is 9.26. The first kappa shape index (κ1) is 21.0. The first-order valence-electron chi connectivity index (χ1n) is 10.2. The van der Waals surface area contributed by atoms with E-state index >= 15 is 0 Å². The highest BCUT2D eigenvalue weighted by Gasteiger charge is 2.28. The molecule has 2 amide bonds. The van der Waals surface area contributed by atoms with Crippen molar-refractivity contribution in [3.8, 4) is 5.75 Å². The molecule has 1 N–H and O–H groups in total. The Morgan fingerprint density at radius 2 is 1.84 bits per heavy atom. The average molecular weight is 437 g/mol. The van der Waals surface area contributed by atoms with Crippen molar-refractivity contribution in [1.29, 1.82) is 0 Å². The smallest absolute Gasteiger partial charge is 0.286 e. The molecule has 1 saturated heterocycles. The van der Waals surface area contributed by atoms with Crippen LogP contribution in [0.5, 0.6) is 5.75 Å². The van der Waals surface area contributed by atoms with Crippen molar-refractivity contribution in [2.75, 3.05) is 25.5 Å². The van der Waals surface area contributed by atoms with Crippen LogP contribution in [-0.4, -0.2) is 47.1 Å². The lowest BCUT2D eigenvalue weighted by Crippen LogP contribution is -2.39. The molecule has 1 unspecified atom stereocenters. The fourth-order valence-electron chi connectivity index (χ4n) is 3.59. The summed E-state index contributed by atoms with van der Waals surface area (Å²) < 4.78 is 5.16. The summed E-state index contributed by atoms with van der Waals surface area (Å²) in [7, 11) is 1.60. The van der Waals surface area contributed by atoms with Gasteiger partial charge in [-0.3, -0.25) is 9.59 Å². The van der Waals surface area contributed by atoms with E-state index in [-0.39, 0.29) is 17.7 Å². The minimum Gasteiger partial charge on any atom is -0.497 e. The molecule has 4 rings (SSSR count). The quantitative estimate of drug-likeness (QED) is 0.650. The molecule has 0 saturated carbocycles. The van der Waals surface area contributed by atoms with Crippen molar-refractivity contribution in [3.63, 3.8) is 0 Å². The van der Waals surface area contributed by atoms with Crippen LogP contribution < -0.4 is 10.1 Å². The highest BCUT2D eigenvalue weighted by Crippen LogP contribution is 2.30. The van der Waals surface area contributed by atoms with Crippen LogP contribution in [-0.2, 0) is 0 Å². The molecule has 7 nitrogen and oxygen atoms in total. The molecule has 2 aromatic carbocycles. The Labute approximate surface area is 185 Å². The second-order valence-corrected chi connectivity index (χ2v) is 8.59. The van der Waals surface area contributed by atoms with E-state index in [1.165, 1.54) is 11.3 Å². The number of aryl methyl sites for hydroxylation is 1. The molecule has 1 atom stereocenters. The van der Waals surface area contributed by atoms with Crippen LogP contribution in [0.1, 0.15) is 49.5 Å². The van der Waals surface area contributed by atoms with E-state index in [4.69, 9.17) is 4.74 Å². The van der Waals surface area contributed by atoms with Crippen LogP contribution in [0.3, 0.4) is 0 Å². The third kappa shape index (κ3) is 4.91. The van der Waals surface area contributed by atoms with Gasteiger partial charge in [-0.15, -0.1) is 10.2 Å². The van der Waals surface area contributed by atoms with Gasteiger partial charge in [0.25, 0.3) is 11.8 Å². The standard InChI is InChI=1S/C23H24N4O3S/c1-15-5-9-18(10-6-15)24-20(28)22-26-25-21(31-22)17-4-3-13-27(14-17)23(29)16-7-11-19(30-2)12-8-16/h5-12,17H,3-4,13-14H2,1-2H3,(H,24,28). The zero-order valence-electron chi connectivity index (χ0n) is 17.5. The van der Waals surface area contributed by atoms with Crippen LogP contribution in [0.15, 0.2) is 48.5 Å². The van der Waals surface area contributed by atoms with Crippen LogP contribution in [0.2, 0.25) is 0 Å². The first-order valence-corrected chi connectivity index (χ1v) is 11.0. The lowest BCUT2D eigenvalue weighted by molar-refractivity contribution is 0.0706. The van der Waals surface area contributed by atoms with Gasteiger partial charge in [0.2, 0.25) is 5.01 Å². The maximum atomic E-state index is 12.9. The Balaban J connectivity index is 1.41. The second-order valence-electron chi connectivity index (χ2n) is 7.58. The zero-order valence-corrected chi connectivity index (χ0v) is 18.3. The molecule has 1 aliphatic heterocycles. The lowest BCUT2D eigenvalue weighted by Gasteiger charge is -2.31. The van der Waals surface area contributed by atoms with Gasteiger partial charge >= 0.3 is 0 Å². The normalized spacial score (nSPS) is 16.1. The summed E-state index contributed by atoms with van der Waals surface area (Å²) in [6.07, 6.45) is 1.80. The van der Waals surface area contributed by atoms with Crippen molar-refractivity contribution < 1.29 is 14.3 Å². The number of benzene rings is 2. The summed E-state index contributed by atoms with van der Waals surface area (Å²) >= 11 is 1.30. The fourth-order valence-corrected chi connectivity index (χ4v) is 4.46. The molecular weight excluding hydrogens is 412 g/mol. The summed E-state index contributed by atoms with van der Waals surface area (Å²) in [6.45, 7) is 3.27. The summed E-state index contributed by atoms with van der Waals surface area (Å²) in [5, 5.41) is 12.3. The molecule has 0 radical (unpaired) electrons. The van der Waals surface area contributed by atoms with Crippen LogP contribution in [0.4, 0.5) is 5.69 Å². The predicted octanol–water partition coefficient (Wildman–Crippen LogP) is 4.13. The number of likely N-dealkylation sites (tertiary alicyclic amines) is 1. The summed E-state index contributed by atoms with van der Waals surface area (Å²) in [5.74, 6) is 0.525. The number of nitrogens with one attached hydrogen (secondary N) is 1. The molecule has 0 aliphatic carbocycles. The number of anilines is 1. The van der Waals surface area contributed by atoms with Crippen molar-refractivity contribution in [1.82, 2.24) is 15.1 Å². The minimum absolute atomic E-state index is 0.00536. The number of hydrogen-bond acceptors (Lipinski definition) is 6. The minimum atomic E-state index is -0.269. The predicted molar refractivity (Wildman–Crippen MR) is 120 cm³/mol. The maximum absolute atomic E-state index is 12.9. The van der Waals surface area contributed by atoms with E-state index in [1.54, 1.807) is 31.4 Å². The van der Waals surface area contributed by atoms with Crippen LogP contribution in [0, 0.1) is 6.92 Å². The van der Waals surface area contributed by atoms with Crippen molar-refractivity contribution in [2.24, 2.45) is 0 Å². The Morgan fingerprint density at radius 3 is 2.55 bits per heavy atom. The third-order valence-corrected chi connectivity index (χ3v) is 6.42. The Kier molecular flexibility index (Phi) is 6.27. The van der Waals surface area contributed by atoms with Gasteiger partial charge in [0.05, 0.1) is 7.11 Å². The number of nitrogens with zero attached hydrogens (tertiary/aromatic N) is 3. The molecule has 1 aliphatic rings. The van der Waals surface area contributed by atoms with E-state index < -0.39 is 0 Å². The molecule has 31 heavy (non-hydrogen) atoms. The third-order valence-electron chi connectivity index (χ3n) is 5.34. The summed E-state index contributed by atoms with van der Waals surface area (Å²) in [4.78, 5) is 27.3. The highest BCUT2D eigenvalue weighted by molar-refractivity contribution is 7.13. The fraction of sp³-hybridized carbons (Fsp3) is 0.304. The molecule has 160 valence electrons. The summed E-state index contributed by atoms with van der Waals surface area (Å²) in [6, 6.07) is 14.7. The van der Waals surface area contributed by atoms with E-state index in [9.17, 15) is 9.59 Å². The molecule has 1 aromatic heterocycles. The Hall–Kier alpha value is -3.26. The van der Waals surface area contributed by atoms with Gasteiger partial charge in [-0.2, -0.15) is 0 Å². The van der Waals surface area contributed by atoms with Gasteiger partial charge in [-0.1, -0.05) is 29.0 Å². The molecule has 8 heteroatoms. The van der Waals surface area contributed by atoms with Gasteiger partial charge in [0.15, 0.2) is 0 Å². The number of aromatic nitrogens is 2. The van der Waals surface area contributed by atoms with Crippen LogP contribution in [0.25, 0.3) is 0 Å². The molecule has 3 aromatic rings. The number of carbonyl (C=O) groups excluding carboxylic acids is 2. The van der Waals surface area contributed by atoms with Gasteiger partial charge in [-0.05, 0) is 56.2 Å². The molecular formula is C23H24N4O3S. The molecule has 1 fully saturated rings. The van der Waals surface area contributed by atoms with Crippen molar-refractivity contribution >= 4 is 28.8 Å². The number of rotatable bonds is 5. The van der Waals surface area contributed by atoms with E-state index in [0.29, 0.717) is 23.7 Å². The average Bonchev–Trinajstić information content (AvgIpc) is 3.31. The largest absolute Gasteiger partial charge is 0.497 e. The Bertz CT molecular complexity index is 1060. The highest BCUT2D eigenvalue weighted by atomic mass is 32.1. The van der Waals surface area contributed by atoms with E-state index in [2.05, 4.69) is 15.5 Å². The first-order chi connectivity index (χ1) is 15.0. The number of piperidine rings is 1. The monoisotopic (exact) mass is 436 g/mol. The zero-order chi connectivity index (χ0) is 21.8. The van der Waals surface area contributed by atoms with Crippen LogP contribution >= 0.6 is 11.3 Å².